The van der Waals surface area contributed by atoms with Gasteiger partial charge in [-0.2, -0.15) is 0 Å². The van der Waals surface area contributed by atoms with Crippen molar-refractivity contribution >= 4 is 22.0 Å². The lowest BCUT2D eigenvalue weighted by Crippen LogP contribution is -2.14. The number of aryl methyl sites for hydroxylation is 1. The molecule has 0 spiro atoms. The second-order valence-electron chi connectivity index (χ2n) is 4.85. The average Bonchev–Trinajstić information content (AvgIpc) is 2.99. The number of benzene rings is 1. The molecule has 2 rings (SSSR count). The quantitative estimate of drug-likeness (QED) is 0.805. The molecule has 0 atom stereocenters. The van der Waals surface area contributed by atoms with Crippen LogP contribution in [0.2, 0.25) is 0 Å². The lowest BCUT2D eigenvalue weighted by atomic mass is 10.1. The van der Waals surface area contributed by atoms with Crippen LogP contribution in [0.15, 0.2) is 39.8 Å². The minimum atomic E-state index is -3.94. The molecule has 0 unspecified atom stereocenters. The number of nitrogens with two attached hydrogens (primary N) is 1. The van der Waals surface area contributed by atoms with Crippen molar-refractivity contribution in [3.8, 4) is 0 Å². The summed E-state index contributed by atoms with van der Waals surface area (Å²) in [5, 5.41) is 5.05. The maximum absolute atomic E-state index is 12.2. The van der Waals surface area contributed by atoms with E-state index >= 15 is 0 Å². The Morgan fingerprint density at radius 2 is 1.88 bits per heavy atom. The molecule has 24 heavy (non-hydrogen) atoms. The Bertz CT molecular complexity index is 883. The molecule has 2 aromatic rings. The standard InChI is InChI=1S/C15H15NO7S/c1-9-3-4-10(24(16,19)20)7-12(9)15(18)23-8-13-11(5-6-22-13)14(17)21-2/h3-7H,8H2,1-2H3,(H2,16,19,20). The molecular formula is C15H15NO7S. The molecule has 0 saturated heterocycles. The zero-order valence-electron chi connectivity index (χ0n) is 12.9. The first kappa shape index (κ1) is 17.7. The number of esters is 2. The van der Waals surface area contributed by atoms with E-state index in [1.54, 1.807) is 6.92 Å². The van der Waals surface area contributed by atoms with E-state index in [0.29, 0.717) is 5.56 Å². The third-order valence-corrected chi connectivity index (χ3v) is 4.15. The summed E-state index contributed by atoms with van der Waals surface area (Å²) in [6, 6.07) is 5.27. The van der Waals surface area contributed by atoms with Crippen LogP contribution in [-0.4, -0.2) is 27.5 Å². The Kier molecular flexibility index (Phi) is 5.05. The third kappa shape index (κ3) is 3.81. The number of methoxy groups -OCH3 is 1. The maximum atomic E-state index is 12.2. The minimum Gasteiger partial charge on any atom is -0.465 e. The number of hydrogen-bond acceptors (Lipinski definition) is 7. The zero-order valence-corrected chi connectivity index (χ0v) is 13.8. The summed E-state index contributed by atoms with van der Waals surface area (Å²) in [6.45, 7) is 1.31. The van der Waals surface area contributed by atoms with Gasteiger partial charge in [0.05, 0.1) is 23.8 Å². The van der Waals surface area contributed by atoms with Gasteiger partial charge in [0.25, 0.3) is 0 Å². The molecule has 0 radical (unpaired) electrons. The highest BCUT2D eigenvalue weighted by molar-refractivity contribution is 7.89. The van der Waals surface area contributed by atoms with E-state index in [1.165, 1.54) is 31.6 Å². The van der Waals surface area contributed by atoms with E-state index in [2.05, 4.69) is 4.74 Å². The predicted molar refractivity (Wildman–Crippen MR) is 81.7 cm³/mol. The van der Waals surface area contributed by atoms with Crippen molar-refractivity contribution in [3.05, 3.63) is 53.0 Å². The summed E-state index contributed by atoms with van der Waals surface area (Å²) in [4.78, 5) is 23.5. The van der Waals surface area contributed by atoms with Gasteiger partial charge in [0.2, 0.25) is 10.0 Å². The van der Waals surface area contributed by atoms with E-state index < -0.39 is 22.0 Å². The molecule has 0 fully saturated rings. The Balaban J connectivity index is 2.20. The van der Waals surface area contributed by atoms with Gasteiger partial charge >= 0.3 is 11.9 Å². The van der Waals surface area contributed by atoms with Gasteiger partial charge in [-0.15, -0.1) is 0 Å². The molecule has 1 aromatic carbocycles. The van der Waals surface area contributed by atoms with E-state index in [1.807, 2.05) is 0 Å². The number of primary sulfonamides is 1. The summed E-state index contributed by atoms with van der Waals surface area (Å²) in [7, 11) is -2.73. The predicted octanol–water partition coefficient (Wildman–Crippen LogP) is 1.38. The van der Waals surface area contributed by atoms with Crippen LogP contribution >= 0.6 is 0 Å². The zero-order chi connectivity index (χ0) is 17.9. The van der Waals surface area contributed by atoms with Crippen LogP contribution in [0.1, 0.15) is 32.0 Å². The summed E-state index contributed by atoms with van der Waals surface area (Å²) in [5.41, 5.74) is 0.702. The fourth-order valence-electron chi connectivity index (χ4n) is 1.95. The van der Waals surface area contributed by atoms with Crippen molar-refractivity contribution < 1.29 is 31.9 Å². The number of ether oxygens (including phenoxy) is 2. The molecule has 2 N–H and O–H groups in total. The van der Waals surface area contributed by atoms with Crippen molar-refractivity contribution in [2.45, 2.75) is 18.4 Å². The number of hydrogen-bond donors (Lipinski definition) is 1. The topological polar surface area (TPSA) is 126 Å². The fourth-order valence-corrected chi connectivity index (χ4v) is 2.49. The Morgan fingerprint density at radius 1 is 1.17 bits per heavy atom. The molecule has 0 aliphatic carbocycles. The number of rotatable bonds is 5. The largest absolute Gasteiger partial charge is 0.465 e. The van der Waals surface area contributed by atoms with Gasteiger partial charge in [-0.1, -0.05) is 6.07 Å². The van der Waals surface area contributed by atoms with Crippen molar-refractivity contribution in [3.63, 3.8) is 0 Å². The molecule has 9 heteroatoms. The number of carbonyl (C=O) groups is 2. The summed E-state index contributed by atoms with van der Waals surface area (Å²) >= 11 is 0. The van der Waals surface area contributed by atoms with E-state index in [0.717, 1.165) is 6.07 Å². The first-order valence-corrected chi connectivity index (χ1v) is 8.24. The normalized spacial score (nSPS) is 11.1. The highest BCUT2D eigenvalue weighted by Gasteiger charge is 2.19. The molecule has 128 valence electrons. The van der Waals surface area contributed by atoms with Crippen LogP contribution in [-0.2, 0) is 26.1 Å². The first-order valence-electron chi connectivity index (χ1n) is 6.69. The second-order valence-corrected chi connectivity index (χ2v) is 6.41. The molecule has 0 aliphatic rings. The monoisotopic (exact) mass is 353 g/mol. The maximum Gasteiger partial charge on any atom is 0.341 e. The number of carbonyl (C=O) groups excluding carboxylic acids is 2. The summed E-state index contributed by atoms with van der Waals surface area (Å²) in [5.74, 6) is -1.28. The van der Waals surface area contributed by atoms with Crippen molar-refractivity contribution in [1.82, 2.24) is 0 Å². The Morgan fingerprint density at radius 3 is 2.50 bits per heavy atom. The van der Waals surface area contributed by atoms with E-state index in [-0.39, 0.29) is 28.4 Å². The van der Waals surface area contributed by atoms with Gasteiger partial charge in [0.1, 0.15) is 5.56 Å². The number of furan rings is 1. The Hall–Kier alpha value is -2.65. The second kappa shape index (κ2) is 6.85. The Labute approximate surface area is 138 Å². The van der Waals surface area contributed by atoms with Gasteiger partial charge in [-0.05, 0) is 30.7 Å². The average molecular weight is 353 g/mol. The van der Waals surface area contributed by atoms with E-state index in [4.69, 9.17) is 14.3 Å². The first-order chi connectivity index (χ1) is 11.2. The van der Waals surface area contributed by atoms with Gasteiger partial charge in [0, 0.05) is 0 Å². The van der Waals surface area contributed by atoms with E-state index in [9.17, 15) is 18.0 Å². The minimum absolute atomic E-state index is 0.0488. The van der Waals surface area contributed by atoms with Crippen molar-refractivity contribution in [1.29, 1.82) is 0 Å². The van der Waals surface area contributed by atoms with Crippen LogP contribution in [0, 0.1) is 6.92 Å². The number of sulfonamides is 1. The smallest absolute Gasteiger partial charge is 0.341 e. The summed E-state index contributed by atoms with van der Waals surface area (Å²) < 4.78 is 37.5. The van der Waals surface area contributed by atoms with Crippen molar-refractivity contribution in [2.75, 3.05) is 7.11 Å². The highest BCUT2D eigenvalue weighted by Crippen LogP contribution is 2.18. The molecule has 0 amide bonds. The summed E-state index contributed by atoms with van der Waals surface area (Å²) in [6.07, 6.45) is 1.27. The van der Waals surface area contributed by atoms with Crippen molar-refractivity contribution in [2.24, 2.45) is 5.14 Å². The molecule has 0 saturated carbocycles. The molecule has 8 nitrogen and oxygen atoms in total. The molecule has 0 aliphatic heterocycles. The lowest BCUT2D eigenvalue weighted by molar-refractivity contribution is 0.0431. The van der Waals surface area contributed by atoms with Crippen LogP contribution in [0.25, 0.3) is 0 Å². The SMILES string of the molecule is COC(=O)c1ccoc1COC(=O)c1cc(S(N)(=O)=O)ccc1C. The molecule has 1 aromatic heterocycles. The lowest BCUT2D eigenvalue weighted by Gasteiger charge is -2.08. The third-order valence-electron chi connectivity index (χ3n) is 3.24. The highest BCUT2D eigenvalue weighted by atomic mass is 32.2. The van der Waals surface area contributed by atoms with Crippen LogP contribution < -0.4 is 5.14 Å². The van der Waals surface area contributed by atoms with Crippen LogP contribution in [0.3, 0.4) is 0 Å². The van der Waals surface area contributed by atoms with Gasteiger partial charge in [0.15, 0.2) is 12.4 Å². The fraction of sp³-hybridized carbons (Fsp3) is 0.200. The van der Waals surface area contributed by atoms with Gasteiger partial charge in [-0.25, -0.2) is 23.1 Å². The molecular weight excluding hydrogens is 338 g/mol. The molecule has 1 heterocycles. The van der Waals surface area contributed by atoms with Crippen LogP contribution in [0.4, 0.5) is 0 Å². The van der Waals surface area contributed by atoms with Gasteiger partial charge < -0.3 is 13.9 Å². The van der Waals surface area contributed by atoms with Gasteiger partial charge in [-0.3, -0.25) is 0 Å². The molecule has 0 bridgehead atoms. The van der Waals surface area contributed by atoms with Crippen LogP contribution in [0.5, 0.6) is 0 Å².